The SMILES string of the molecule is CCCN(CCC)C(=O)c1cc(C)nc(Nc2c(C)cc(C)cc2Cl)n1. The largest absolute Gasteiger partial charge is 0.337 e. The number of nitrogens with zero attached hydrogens (tertiary/aromatic N) is 3. The van der Waals surface area contributed by atoms with Crippen LogP contribution in [0, 0.1) is 20.8 Å². The molecule has 2 aromatic rings. The van der Waals surface area contributed by atoms with E-state index in [-0.39, 0.29) is 5.91 Å². The smallest absolute Gasteiger partial charge is 0.272 e. The zero-order valence-corrected chi connectivity index (χ0v) is 16.9. The Kier molecular flexibility index (Phi) is 6.98. The van der Waals surface area contributed by atoms with Gasteiger partial charge >= 0.3 is 0 Å². The highest BCUT2D eigenvalue weighted by Gasteiger charge is 2.18. The van der Waals surface area contributed by atoms with Crippen LogP contribution in [0.2, 0.25) is 5.02 Å². The van der Waals surface area contributed by atoms with Gasteiger partial charge in [0.15, 0.2) is 0 Å². The second-order valence-electron chi connectivity index (χ2n) is 6.57. The van der Waals surface area contributed by atoms with Crippen molar-refractivity contribution in [3.8, 4) is 0 Å². The number of carbonyl (C=O) groups is 1. The van der Waals surface area contributed by atoms with Crippen LogP contribution in [0.5, 0.6) is 0 Å². The quantitative estimate of drug-likeness (QED) is 0.735. The first-order valence-electron chi connectivity index (χ1n) is 9.04. The minimum absolute atomic E-state index is 0.0611. The van der Waals surface area contributed by atoms with Gasteiger partial charge in [-0.3, -0.25) is 4.79 Å². The summed E-state index contributed by atoms with van der Waals surface area (Å²) in [4.78, 5) is 23.5. The van der Waals surface area contributed by atoms with E-state index in [2.05, 4.69) is 29.1 Å². The standard InChI is InChI=1S/C20H27ClN4O/c1-6-8-25(9-7-2)19(26)17-12-15(5)22-20(23-17)24-18-14(4)10-13(3)11-16(18)21/h10-12H,6-9H2,1-5H3,(H,22,23,24). The molecule has 1 aromatic heterocycles. The van der Waals surface area contributed by atoms with Gasteiger partial charge in [0.25, 0.3) is 5.91 Å². The predicted octanol–water partition coefficient (Wildman–Crippen LogP) is 5.06. The summed E-state index contributed by atoms with van der Waals surface area (Å²) in [6.07, 6.45) is 1.83. The molecule has 0 bridgehead atoms. The fraction of sp³-hybridized carbons (Fsp3) is 0.450. The summed E-state index contributed by atoms with van der Waals surface area (Å²) in [5.41, 5.74) is 4.00. The first-order chi connectivity index (χ1) is 12.3. The van der Waals surface area contributed by atoms with Gasteiger partial charge in [-0.1, -0.05) is 31.5 Å². The van der Waals surface area contributed by atoms with Gasteiger partial charge in [-0.05, 0) is 56.9 Å². The minimum Gasteiger partial charge on any atom is -0.337 e. The molecule has 1 aromatic carbocycles. The molecule has 0 aliphatic carbocycles. The van der Waals surface area contributed by atoms with E-state index >= 15 is 0 Å². The number of hydrogen-bond donors (Lipinski definition) is 1. The maximum absolute atomic E-state index is 12.8. The second-order valence-corrected chi connectivity index (χ2v) is 6.98. The number of amides is 1. The lowest BCUT2D eigenvalue weighted by Gasteiger charge is -2.21. The Balaban J connectivity index is 2.34. The zero-order valence-electron chi connectivity index (χ0n) is 16.2. The lowest BCUT2D eigenvalue weighted by molar-refractivity contribution is 0.0749. The van der Waals surface area contributed by atoms with Crippen LogP contribution in [0.1, 0.15) is 54.0 Å². The number of aromatic nitrogens is 2. The molecule has 1 N–H and O–H groups in total. The second kappa shape index (κ2) is 8.99. The van der Waals surface area contributed by atoms with Crippen LogP contribution in [-0.2, 0) is 0 Å². The van der Waals surface area contributed by atoms with E-state index in [0.29, 0.717) is 16.7 Å². The van der Waals surface area contributed by atoms with Crippen LogP contribution in [0.3, 0.4) is 0 Å². The first-order valence-corrected chi connectivity index (χ1v) is 9.42. The highest BCUT2D eigenvalue weighted by molar-refractivity contribution is 6.33. The first kappa shape index (κ1) is 20.2. The highest BCUT2D eigenvalue weighted by Crippen LogP contribution is 2.29. The van der Waals surface area contributed by atoms with E-state index in [4.69, 9.17) is 11.6 Å². The fourth-order valence-electron chi connectivity index (χ4n) is 2.94. The van der Waals surface area contributed by atoms with Gasteiger partial charge in [0.05, 0.1) is 10.7 Å². The number of hydrogen-bond acceptors (Lipinski definition) is 4. The van der Waals surface area contributed by atoms with E-state index in [0.717, 1.165) is 48.4 Å². The molecule has 1 amide bonds. The number of carbonyl (C=O) groups excluding carboxylic acids is 1. The van der Waals surface area contributed by atoms with Gasteiger partial charge in [-0.15, -0.1) is 0 Å². The number of rotatable bonds is 7. The summed E-state index contributed by atoms with van der Waals surface area (Å²) in [6.45, 7) is 11.4. The molecule has 140 valence electrons. The van der Waals surface area contributed by atoms with Gasteiger partial charge in [0, 0.05) is 18.8 Å². The monoisotopic (exact) mass is 374 g/mol. The molecule has 6 heteroatoms. The van der Waals surface area contributed by atoms with Crippen molar-refractivity contribution in [2.45, 2.75) is 47.5 Å². The number of nitrogens with one attached hydrogen (secondary N) is 1. The Bertz CT molecular complexity index is 762. The Morgan fingerprint density at radius 2 is 1.73 bits per heavy atom. The van der Waals surface area contributed by atoms with Crippen molar-refractivity contribution in [2.24, 2.45) is 0 Å². The zero-order chi connectivity index (χ0) is 19.3. The molecule has 0 spiro atoms. The van der Waals surface area contributed by atoms with Gasteiger partial charge in [-0.25, -0.2) is 9.97 Å². The van der Waals surface area contributed by atoms with E-state index in [1.54, 1.807) is 6.07 Å². The molecule has 0 radical (unpaired) electrons. The van der Waals surface area contributed by atoms with Crippen molar-refractivity contribution in [2.75, 3.05) is 18.4 Å². The van der Waals surface area contributed by atoms with E-state index in [1.807, 2.05) is 37.8 Å². The summed E-state index contributed by atoms with van der Waals surface area (Å²) < 4.78 is 0. The summed E-state index contributed by atoms with van der Waals surface area (Å²) in [6, 6.07) is 5.67. The molecular formula is C20H27ClN4O. The topological polar surface area (TPSA) is 58.1 Å². The van der Waals surface area contributed by atoms with Crippen LogP contribution in [0.4, 0.5) is 11.6 Å². The average molecular weight is 375 g/mol. The van der Waals surface area contributed by atoms with Gasteiger partial charge < -0.3 is 10.2 Å². The van der Waals surface area contributed by atoms with Gasteiger partial charge in [-0.2, -0.15) is 0 Å². The van der Waals surface area contributed by atoms with Crippen LogP contribution < -0.4 is 5.32 Å². The molecule has 26 heavy (non-hydrogen) atoms. The summed E-state index contributed by atoms with van der Waals surface area (Å²) in [5, 5.41) is 3.79. The molecule has 0 saturated heterocycles. The van der Waals surface area contributed by atoms with Crippen molar-refractivity contribution in [3.05, 3.63) is 45.7 Å². The Labute approximate surface area is 160 Å². The number of halogens is 1. The minimum atomic E-state index is -0.0611. The third-order valence-electron chi connectivity index (χ3n) is 4.02. The van der Waals surface area contributed by atoms with Gasteiger partial charge in [0.2, 0.25) is 5.95 Å². The molecule has 2 rings (SSSR count). The Morgan fingerprint density at radius 3 is 2.31 bits per heavy atom. The number of benzene rings is 1. The van der Waals surface area contributed by atoms with Crippen LogP contribution in [-0.4, -0.2) is 33.9 Å². The molecule has 0 aliphatic heterocycles. The van der Waals surface area contributed by atoms with E-state index in [9.17, 15) is 4.79 Å². The highest BCUT2D eigenvalue weighted by atomic mass is 35.5. The normalized spacial score (nSPS) is 10.7. The van der Waals surface area contributed by atoms with E-state index < -0.39 is 0 Å². The molecule has 5 nitrogen and oxygen atoms in total. The summed E-state index contributed by atoms with van der Waals surface area (Å²) >= 11 is 6.37. The lowest BCUT2D eigenvalue weighted by Crippen LogP contribution is -2.33. The fourth-order valence-corrected chi connectivity index (χ4v) is 3.30. The average Bonchev–Trinajstić information content (AvgIpc) is 2.57. The molecule has 0 atom stereocenters. The van der Waals surface area contributed by atoms with Crippen LogP contribution in [0.25, 0.3) is 0 Å². The molecule has 0 unspecified atom stereocenters. The van der Waals surface area contributed by atoms with Crippen molar-refractivity contribution in [1.29, 1.82) is 0 Å². The third kappa shape index (κ3) is 4.94. The summed E-state index contributed by atoms with van der Waals surface area (Å²) in [5.74, 6) is 0.323. The van der Waals surface area contributed by atoms with Crippen LogP contribution in [0.15, 0.2) is 18.2 Å². The van der Waals surface area contributed by atoms with Gasteiger partial charge in [0.1, 0.15) is 5.69 Å². The maximum atomic E-state index is 12.8. The van der Waals surface area contributed by atoms with Crippen molar-refractivity contribution in [3.63, 3.8) is 0 Å². The number of anilines is 2. The predicted molar refractivity (Wildman–Crippen MR) is 107 cm³/mol. The third-order valence-corrected chi connectivity index (χ3v) is 4.31. The van der Waals surface area contributed by atoms with E-state index in [1.165, 1.54) is 0 Å². The summed E-state index contributed by atoms with van der Waals surface area (Å²) in [7, 11) is 0. The molecular weight excluding hydrogens is 348 g/mol. The maximum Gasteiger partial charge on any atom is 0.272 e. The van der Waals surface area contributed by atoms with Crippen molar-refractivity contribution >= 4 is 29.1 Å². The Morgan fingerprint density at radius 1 is 1.08 bits per heavy atom. The van der Waals surface area contributed by atoms with Crippen LogP contribution >= 0.6 is 11.6 Å². The lowest BCUT2D eigenvalue weighted by atomic mass is 10.1. The molecule has 0 saturated carbocycles. The molecule has 0 fully saturated rings. The van der Waals surface area contributed by atoms with Crippen molar-refractivity contribution < 1.29 is 4.79 Å². The molecule has 0 aliphatic rings. The number of aryl methyl sites for hydroxylation is 3. The molecule has 1 heterocycles. The van der Waals surface area contributed by atoms with Crippen molar-refractivity contribution in [1.82, 2.24) is 14.9 Å². The Hall–Kier alpha value is -2.14.